The average Bonchev–Trinajstić information content (AvgIpc) is 2.89. The smallest absolute Gasteiger partial charge is 0.274 e. The van der Waals surface area contributed by atoms with E-state index in [0.717, 1.165) is 43.5 Å². The molecule has 3 aromatic rings. The number of benzene rings is 2. The standard InChI is InChI=1S/C23H24FN3O/c1-26(16-17-9-4-2-5-10-17)23(28)21-20-13-6-3-7-14-27(20)22(25-21)18-11-8-12-19(24)15-18/h2,4-5,8-12,15H,3,6-7,13-14,16H2,1H3. The third-order valence-electron chi connectivity index (χ3n) is 5.26. The van der Waals surface area contributed by atoms with Gasteiger partial charge in [-0.05, 0) is 37.0 Å². The Morgan fingerprint density at radius 2 is 1.93 bits per heavy atom. The van der Waals surface area contributed by atoms with Gasteiger partial charge in [-0.25, -0.2) is 9.37 Å². The van der Waals surface area contributed by atoms with Gasteiger partial charge in [-0.15, -0.1) is 0 Å². The van der Waals surface area contributed by atoms with Gasteiger partial charge in [-0.1, -0.05) is 48.9 Å². The molecule has 0 atom stereocenters. The number of hydrogen-bond donors (Lipinski definition) is 0. The van der Waals surface area contributed by atoms with Crippen LogP contribution in [0, 0.1) is 5.82 Å². The van der Waals surface area contributed by atoms with Gasteiger partial charge in [0.1, 0.15) is 17.3 Å². The van der Waals surface area contributed by atoms with Crippen molar-refractivity contribution in [1.82, 2.24) is 14.5 Å². The number of carbonyl (C=O) groups excluding carboxylic acids is 1. The first kappa shape index (κ1) is 18.4. The highest BCUT2D eigenvalue weighted by atomic mass is 19.1. The Balaban J connectivity index is 1.71. The molecule has 0 spiro atoms. The number of aromatic nitrogens is 2. The summed E-state index contributed by atoms with van der Waals surface area (Å²) in [4.78, 5) is 19.6. The number of rotatable bonds is 4. The van der Waals surface area contributed by atoms with Crippen LogP contribution in [0.1, 0.15) is 41.0 Å². The molecule has 1 aliphatic rings. The minimum absolute atomic E-state index is 0.0860. The van der Waals surface area contributed by atoms with Gasteiger partial charge in [0.2, 0.25) is 0 Å². The van der Waals surface area contributed by atoms with E-state index in [-0.39, 0.29) is 11.7 Å². The van der Waals surface area contributed by atoms with Gasteiger partial charge in [0.05, 0.1) is 5.69 Å². The topological polar surface area (TPSA) is 38.1 Å². The van der Waals surface area contributed by atoms with Crippen molar-refractivity contribution >= 4 is 5.91 Å². The molecule has 2 heterocycles. The van der Waals surface area contributed by atoms with E-state index in [1.54, 1.807) is 18.0 Å². The number of imidazole rings is 1. The van der Waals surface area contributed by atoms with Crippen molar-refractivity contribution in [3.63, 3.8) is 0 Å². The van der Waals surface area contributed by atoms with Crippen LogP contribution in [0.3, 0.4) is 0 Å². The molecule has 1 amide bonds. The van der Waals surface area contributed by atoms with E-state index in [2.05, 4.69) is 4.57 Å². The second-order valence-electron chi connectivity index (χ2n) is 7.35. The molecule has 0 bridgehead atoms. The summed E-state index contributed by atoms with van der Waals surface area (Å²) in [6, 6.07) is 16.4. The third kappa shape index (κ3) is 3.70. The molecule has 1 aliphatic heterocycles. The number of hydrogen-bond acceptors (Lipinski definition) is 2. The molecule has 1 aromatic heterocycles. The highest BCUT2D eigenvalue weighted by molar-refractivity contribution is 5.94. The van der Waals surface area contributed by atoms with Crippen LogP contribution in [0.4, 0.5) is 4.39 Å². The SMILES string of the molecule is CN(Cc1ccccc1)C(=O)c1nc(-c2cccc(F)c2)n2c1CCCCC2. The summed E-state index contributed by atoms with van der Waals surface area (Å²) in [5, 5.41) is 0. The van der Waals surface area contributed by atoms with Crippen molar-refractivity contribution in [2.24, 2.45) is 0 Å². The Bertz CT molecular complexity index is 981. The average molecular weight is 377 g/mol. The van der Waals surface area contributed by atoms with Crippen LogP contribution in [-0.2, 0) is 19.5 Å². The molecule has 0 N–H and O–H groups in total. The summed E-state index contributed by atoms with van der Waals surface area (Å²) in [6.07, 6.45) is 4.02. The van der Waals surface area contributed by atoms with Gasteiger partial charge in [0, 0.05) is 25.7 Å². The number of amides is 1. The zero-order valence-corrected chi connectivity index (χ0v) is 16.1. The van der Waals surface area contributed by atoms with Crippen LogP contribution in [0.2, 0.25) is 0 Å². The van der Waals surface area contributed by atoms with Crippen molar-refractivity contribution in [3.8, 4) is 11.4 Å². The van der Waals surface area contributed by atoms with Crippen LogP contribution in [0.5, 0.6) is 0 Å². The largest absolute Gasteiger partial charge is 0.336 e. The molecule has 0 aliphatic carbocycles. The van der Waals surface area contributed by atoms with Crippen molar-refractivity contribution in [2.75, 3.05) is 7.05 Å². The molecule has 28 heavy (non-hydrogen) atoms. The number of carbonyl (C=O) groups is 1. The van der Waals surface area contributed by atoms with E-state index in [4.69, 9.17) is 4.98 Å². The van der Waals surface area contributed by atoms with Crippen LogP contribution >= 0.6 is 0 Å². The fourth-order valence-electron chi connectivity index (χ4n) is 3.85. The Hall–Kier alpha value is -2.95. The van der Waals surface area contributed by atoms with Crippen LogP contribution in [0.15, 0.2) is 54.6 Å². The fourth-order valence-corrected chi connectivity index (χ4v) is 3.85. The molecule has 0 unspecified atom stereocenters. The predicted molar refractivity (Wildman–Crippen MR) is 107 cm³/mol. The lowest BCUT2D eigenvalue weighted by Gasteiger charge is -2.17. The predicted octanol–water partition coefficient (Wildman–Crippen LogP) is 4.69. The number of nitrogens with zero attached hydrogens (tertiary/aromatic N) is 3. The van der Waals surface area contributed by atoms with Crippen molar-refractivity contribution in [2.45, 2.75) is 38.8 Å². The Morgan fingerprint density at radius 3 is 2.71 bits per heavy atom. The second kappa shape index (κ2) is 7.97. The van der Waals surface area contributed by atoms with Gasteiger partial charge in [0.25, 0.3) is 5.91 Å². The first-order valence-corrected chi connectivity index (χ1v) is 9.78. The molecule has 0 saturated carbocycles. The maximum Gasteiger partial charge on any atom is 0.274 e. The summed E-state index contributed by atoms with van der Waals surface area (Å²) in [5.74, 6) is 0.308. The van der Waals surface area contributed by atoms with Crippen LogP contribution in [0.25, 0.3) is 11.4 Å². The lowest BCUT2D eigenvalue weighted by molar-refractivity contribution is 0.0778. The van der Waals surface area contributed by atoms with E-state index in [1.807, 2.05) is 36.4 Å². The highest BCUT2D eigenvalue weighted by Gasteiger charge is 2.26. The normalized spacial score (nSPS) is 13.6. The van der Waals surface area contributed by atoms with Gasteiger partial charge >= 0.3 is 0 Å². The lowest BCUT2D eigenvalue weighted by Crippen LogP contribution is -2.27. The summed E-state index contributed by atoms with van der Waals surface area (Å²) in [7, 11) is 1.81. The summed E-state index contributed by atoms with van der Waals surface area (Å²) < 4.78 is 15.9. The molecule has 0 fully saturated rings. The summed E-state index contributed by atoms with van der Waals surface area (Å²) >= 11 is 0. The summed E-state index contributed by atoms with van der Waals surface area (Å²) in [6.45, 7) is 1.34. The van der Waals surface area contributed by atoms with Crippen molar-refractivity contribution in [3.05, 3.63) is 77.4 Å². The maximum absolute atomic E-state index is 13.8. The fraction of sp³-hybridized carbons (Fsp3) is 0.304. The monoisotopic (exact) mass is 377 g/mol. The van der Waals surface area contributed by atoms with Crippen molar-refractivity contribution in [1.29, 1.82) is 0 Å². The first-order chi connectivity index (χ1) is 13.6. The van der Waals surface area contributed by atoms with Gasteiger partial charge < -0.3 is 9.47 Å². The van der Waals surface area contributed by atoms with Gasteiger partial charge in [-0.2, -0.15) is 0 Å². The molecule has 4 rings (SSSR count). The van der Waals surface area contributed by atoms with Gasteiger partial charge in [-0.3, -0.25) is 4.79 Å². The molecule has 5 heteroatoms. The zero-order valence-electron chi connectivity index (χ0n) is 16.1. The first-order valence-electron chi connectivity index (χ1n) is 9.78. The molecule has 144 valence electrons. The Kier molecular flexibility index (Phi) is 5.24. The van der Waals surface area contributed by atoms with E-state index in [0.29, 0.717) is 23.6 Å². The molecule has 2 aromatic carbocycles. The Labute approximate surface area is 164 Å². The summed E-state index contributed by atoms with van der Waals surface area (Å²) in [5.41, 5.74) is 3.27. The highest BCUT2D eigenvalue weighted by Crippen LogP contribution is 2.28. The van der Waals surface area contributed by atoms with Gasteiger partial charge in [0.15, 0.2) is 0 Å². The minimum Gasteiger partial charge on any atom is -0.336 e. The van der Waals surface area contributed by atoms with E-state index < -0.39 is 0 Å². The number of fused-ring (bicyclic) bond motifs is 1. The van der Waals surface area contributed by atoms with Crippen molar-refractivity contribution < 1.29 is 9.18 Å². The lowest BCUT2D eigenvalue weighted by atomic mass is 10.1. The third-order valence-corrected chi connectivity index (χ3v) is 5.26. The van der Waals surface area contributed by atoms with Crippen LogP contribution < -0.4 is 0 Å². The van der Waals surface area contributed by atoms with E-state index in [9.17, 15) is 9.18 Å². The Morgan fingerprint density at radius 1 is 1.11 bits per heavy atom. The maximum atomic E-state index is 13.8. The second-order valence-corrected chi connectivity index (χ2v) is 7.35. The molecule has 4 nitrogen and oxygen atoms in total. The molecular formula is C23H24FN3O. The zero-order chi connectivity index (χ0) is 19.5. The van der Waals surface area contributed by atoms with E-state index in [1.165, 1.54) is 12.1 Å². The molecule has 0 radical (unpaired) electrons. The molecular weight excluding hydrogens is 353 g/mol. The van der Waals surface area contributed by atoms with Crippen LogP contribution in [-0.4, -0.2) is 27.4 Å². The quantitative estimate of drug-likeness (QED) is 0.662. The molecule has 0 saturated heterocycles. The van der Waals surface area contributed by atoms with E-state index >= 15 is 0 Å². The number of halogens is 1. The minimum atomic E-state index is -0.294.